The molecule has 6 nitrogen and oxygen atoms in total. The molecule has 1 heterocycles. The highest BCUT2D eigenvalue weighted by molar-refractivity contribution is 5.98. The van der Waals surface area contributed by atoms with Crippen molar-refractivity contribution in [1.29, 1.82) is 0 Å². The summed E-state index contributed by atoms with van der Waals surface area (Å²) in [4.78, 5) is 33.5. The number of hydrogen-bond acceptors (Lipinski definition) is 4. The molecular formula is C17H20N4O2. The van der Waals surface area contributed by atoms with Gasteiger partial charge in [-0.3, -0.25) is 9.59 Å². The molecule has 2 rings (SSSR count). The Morgan fingerprint density at radius 2 is 1.96 bits per heavy atom. The van der Waals surface area contributed by atoms with Crippen molar-refractivity contribution in [2.45, 2.75) is 26.2 Å². The summed E-state index contributed by atoms with van der Waals surface area (Å²) in [6.45, 7) is 4.00. The minimum Gasteiger partial charge on any atom is -0.370 e. The minimum absolute atomic E-state index is 0.109. The maximum atomic E-state index is 12.9. The average molecular weight is 312 g/mol. The molecule has 2 aromatic rings. The molecule has 1 aromatic heterocycles. The molecule has 0 fully saturated rings. The van der Waals surface area contributed by atoms with Crippen LogP contribution in [-0.4, -0.2) is 28.3 Å². The Morgan fingerprint density at radius 1 is 1.26 bits per heavy atom. The third-order valence-electron chi connectivity index (χ3n) is 3.61. The number of amides is 2. The second-order valence-electron chi connectivity index (χ2n) is 5.44. The first-order valence-electron chi connectivity index (χ1n) is 7.40. The van der Waals surface area contributed by atoms with Gasteiger partial charge in [-0.05, 0) is 31.5 Å². The predicted molar refractivity (Wildman–Crippen MR) is 87.8 cm³/mol. The summed E-state index contributed by atoms with van der Waals surface area (Å²) in [6.07, 6.45) is 4.78. The van der Waals surface area contributed by atoms with Crippen LogP contribution in [0.15, 0.2) is 43.0 Å². The van der Waals surface area contributed by atoms with Crippen LogP contribution < -0.4 is 10.6 Å². The van der Waals surface area contributed by atoms with Crippen LogP contribution in [0.2, 0.25) is 0 Å². The number of aromatic nitrogens is 2. The molecule has 0 aliphatic rings. The third kappa shape index (κ3) is 4.35. The summed E-state index contributed by atoms with van der Waals surface area (Å²) in [5.41, 5.74) is 7.76. The zero-order chi connectivity index (χ0) is 16.8. The number of nitrogens with two attached hydrogens (primary N) is 1. The van der Waals surface area contributed by atoms with Crippen molar-refractivity contribution in [1.82, 2.24) is 9.97 Å². The Morgan fingerprint density at radius 3 is 2.57 bits per heavy atom. The highest BCUT2D eigenvalue weighted by Crippen LogP contribution is 2.23. The van der Waals surface area contributed by atoms with Crippen molar-refractivity contribution in [2.75, 3.05) is 11.4 Å². The van der Waals surface area contributed by atoms with Crippen LogP contribution in [0.1, 0.15) is 30.4 Å². The number of benzene rings is 1. The molecule has 1 atom stereocenters. The van der Waals surface area contributed by atoms with Gasteiger partial charge in [0.05, 0.1) is 5.92 Å². The average Bonchev–Trinajstić information content (AvgIpc) is 2.55. The van der Waals surface area contributed by atoms with Crippen LogP contribution in [0.4, 0.5) is 5.69 Å². The van der Waals surface area contributed by atoms with Gasteiger partial charge in [-0.25, -0.2) is 9.97 Å². The molecule has 0 bridgehead atoms. The van der Waals surface area contributed by atoms with Crippen LogP contribution >= 0.6 is 0 Å². The van der Waals surface area contributed by atoms with Gasteiger partial charge in [-0.2, -0.15) is 0 Å². The van der Waals surface area contributed by atoms with Crippen molar-refractivity contribution in [3.8, 4) is 0 Å². The van der Waals surface area contributed by atoms with E-state index in [1.54, 1.807) is 24.2 Å². The summed E-state index contributed by atoms with van der Waals surface area (Å²) < 4.78 is 0. The van der Waals surface area contributed by atoms with E-state index in [1.165, 1.54) is 6.33 Å². The molecule has 0 spiro atoms. The minimum atomic E-state index is -0.439. The van der Waals surface area contributed by atoms with Gasteiger partial charge in [0.2, 0.25) is 11.8 Å². The van der Waals surface area contributed by atoms with E-state index >= 15 is 0 Å². The largest absolute Gasteiger partial charge is 0.370 e. The Balaban J connectivity index is 2.29. The van der Waals surface area contributed by atoms with E-state index in [2.05, 4.69) is 9.97 Å². The van der Waals surface area contributed by atoms with Crippen LogP contribution in [0.25, 0.3) is 0 Å². The van der Waals surface area contributed by atoms with Gasteiger partial charge in [0.1, 0.15) is 6.33 Å². The topological polar surface area (TPSA) is 89.2 Å². The Labute approximate surface area is 135 Å². The Kier molecular flexibility index (Phi) is 5.41. The first kappa shape index (κ1) is 16.6. The lowest BCUT2D eigenvalue weighted by atomic mass is 10.0. The molecular weight excluding hydrogens is 292 g/mol. The van der Waals surface area contributed by atoms with Gasteiger partial charge in [-0.1, -0.05) is 12.1 Å². The fraction of sp³-hybridized carbons (Fsp3) is 0.294. The van der Waals surface area contributed by atoms with E-state index in [1.807, 2.05) is 31.2 Å². The van der Waals surface area contributed by atoms with Crippen LogP contribution in [0.3, 0.4) is 0 Å². The summed E-state index contributed by atoms with van der Waals surface area (Å²) in [6, 6.07) is 7.59. The van der Waals surface area contributed by atoms with Crippen molar-refractivity contribution in [3.05, 3.63) is 54.1 Å². The molecule has 2 N–H and O–H groups in total. The van der Waals surface area contributed by atoms with Gasteiger partial charge < -0.3 is 10.6 Å². The molecule has 0 unspecified atom stereocenters. The van der Waals surface area contributed by atoms with Gasteiger partial charge in [0, 0.05) is 36.6 Å². The third-order valence-corrected chi connectivity index (χ3v) is 3.61. The molecule has 0 saturated carbocycles. The second kappa shape index (κ2) is 7.49. The number of anilines is 1. The summed E-state index contributed by atoms with van der Waals surface area (Å²) in [5, 5.41) is 0. The highest BCUT2D eigenvalue weighted by atomic mass is 16.2. The zero-order valence-electron chi connectivity index (χ0n) is 13.3. The number of rotatable bonds is 6. The van der Waals surface area contributed by atoms with Gasteiger partial charge in [0.25, 0.3) is 0 Å². The maximum Gasteiger partial charge on any atom is 0.234 e. The lowest BCUT2D eigenvalue weighted by molar-refractivity contribution is -0.120. The molecule has 0 aliphatic carbocycles. The number of aryl methyl sites for hydroxylation is 1. The fourth-order valence-electron chi connectivity index (χ4n) is 2.29. The normalized spacial score (nSPS) is 11.7. The lowest BCUT2D eigenvalue weighted by Crippen LogP contribution is -2.37. The number of hydrogen-bond donors (Lipinski definition) is 1. The molecule has 2 amide bonds. The van der Waals surface area contributed by atoms with Crippen molar-refractivity contribution >= 4 is 17.5 Å². The van der Waals surface area contributed by atoms with E-state index in [-0.39, 0.29) is 18.9 Å². The number of carbonyl (C=O) groups is 2. The van der Waals surface area contributed by atoms with E-state index < -0.39 is 11.8 Å². The summed E-state index contributed by atoms with van der Waals surface area (Å²) in [5.74, 6) is -0.970. The zero-order valence-corrected chi connectivity index (χ0v) is 13.3. The fourth-order valence-corrected chi connectivity index (χ4v) is 2.29. The number of primary amides is 1. The van der Waals surface area contributed by atoms with Crippen molar-refractivity contribution in [3.63, 3.8) is 0 Å². The molecule has 6 heteroatoms. The molecule has 23 heavy (non-hydrogen) atoms. The Bertz CT molecular complexity index is 688. The highest BCUT2D eigenvalue weighted by Gasteiger charge is 2.24. The number of carbonyl (C=O) groups excluding carboxylic acids is 2. The van der Waals surface area contributed by atoms with Crippen LogP contribution in [-0.2, 0) is 9.59 Å². The maximum absolute atomic E-state index is 12.9. The summed E-state index contributed by atoms with van der Waals surface area (Å²) in [7, 11) is 0. The molecule has 0 radical (unpaired) electrons. The van der Waals surface area contributed by atoms with Crippen LogP contribution in [0, 0.1) is 6.92 Å². The van der Waals surface area contributed by atoms with Crippen molar-refractivity contribution in [2.24, 2.45) is 5.73 Å². The van der Waals surface area contributed by atoms with Gasteiger partial charge in [-0.15, -0.1) is 0 Å². The van der Waals surface area contributed by atoms with E-state index in [0.29, 0.717) is 0 Å². The Hall–Kier alpha value is -2.76. The van der Waals surface area contributed by atoms with Gasteiger partial charge >= 0.3 is 0 Å². The first-order chi connectivity index (χ1) is 11.0. The van der Waals surface area contributed by atoms with Crippen molar-refractivity contribution < 1.29 is 9.59 Å². The van der Waals surface area contributed by atoms with E-state index in [9.17, 15) is 9.59 Å². The SMILES string of the molecule is Cc1cccc(N(CCC(N)=O)C(=O)[C@@H](C)c2cncnc2)c1. The quantitative estimate of drug-likeness (QED) is 0.880. The monoisotopic (exact) mass is 312 g/mol. The standard InChI is InChI=1S/C17H20N4O2/c1-12-4-3-5-15(8-12)21(7-6-16(18)22)17(23)13(2)14-9-19-11-20-10-14/h3-5,8-11,13H,6-7H2,1-2H3,(H2,18,22)/t13-/m0/s1. The first-order valence-corrected chi connectivity index (χ1v) is 7.40. The summed E-state index contributed by atoms with van der Waals surface area (Å²) >= 11 is 0. The van der Waals surface area contributed by atoms with Crippen LogP contribution in [0.5, 0.6) is 0 Å². The lowest BCUT2D eigenvalue weighted by Gasteiger charge is -2.26. The molecule has 120 valence electrons. The second-order valence-corrected chi connectivity index (χ2v) is 5.44. The number of nitrogens with zero attached hydrogens (tertiary/aromatic N) is 3. The van der Waals surface area contributed by atoms with E-state index in [0.717, 1.165) is 16.8 Å². The predicted octanol–water partition coefficient (Wildman–Crippen LogP) is 1.80. The smallest absolute Gasteiger partial charge is 0.234 e. The molecule has 0 aliphatic heterocycles. The molecule has 1 aromatic carbocycles. The molecule has 0 saturated heterocycles. The van der Waals surface area contributed by atoms with E-state index in [4.69, 9.17) is 5.73 Å². The van der Waals surface area contributed by atoms with Gasteiger partial charge in [0.15, 0.2) is 0 Å².